The fourth-order valence-corrected chi connectivity index (χ4v) is 2.95. The van der Waals surface area contributed by atoms with E-state index in [0.29, 0.717) is 18.4 Å². The molecule has 0 aliphatic rings. The van der Waals surface area contributed by atoms with Crippen molar-refractivity contribution in [2.75, 3.05) is 6.61 Å². The van der Waals surface area contributed by atoms with Crippen molar-refractivity contribution < 1.29 is 23.1 Å². The Balaban J connectivity index is 1.99. The molecule has 0 aromatic heterocycles. The molecule has 2 aromatic rings. The van der Waals surface area contributed by atoms with Gasteiger partial charge < -0.3 is 10.4 Å². The van der Waals surface area contributed by atoms with Crippen molar-refractivity contribution in [1.82, 2.24) is 5.32 Å². The van der Waals surface area contributed by atoms with Gasteiger partial charge in [-0.3, -0.25) is 4.79 Å². The number of nitrogens with one attached hydrogen (secondary N) is 1. The van der Waals surface area contributed by atoms with Crippen LogP contribution in [0.2, 0.25) is 0 Å². The number of benzene rings is 2. The minimum atomic E-state index is -4.37. The Kier molecular flexibility index (Phi) is 7.42. The molecule has 0 fully saturated rings. The molecule has 0 radical (unpaired) electrons. The lowest BCUT2D eigenvalue weighted by atomic mass is 9.95. The molecule has 0 saturated heterocycles. The Morgan fingerprint density at radius 3 is 2.22 bits per heavy atom. The van der Waals surface area contributed by atoms with Crippen LogP contribution >= 0.6 is 0 Å². The number of aliphatic hydroxyl groups is 1. The quantitative estimate of drug-likeness (QED) is 0.690. The predicted octanol–water partition coefficient (Wildman–Crippen LogP) is 4.83. The van der Waals surface area contributed by atoms with E-state index in [1.165, 1.54) is 12.1 Å². The Labute approximate surface area is 157 Å². The molecule has 1 amide bonds. The molecule has 0 spiro atoms. The zero-order valence-corrected chi connectivity index (χ0v) is 15.2. The number of hydrogen-bond acceptors (Lipinski definition) is 2. The van der Waals surface area contributed by atoms with E-state index in [4.69, 9.17) is 5.11 Å². The van der Waals surface area contributed by atoms with Crippen LogP contribution in [0.3, 0.4) is 0 Å². The second-order valence-corrected chi connectivity index (χ2v) is 6.62. The number of alkyl halides is 3. The molecule has 0 aliphatic heterocycles. The first-order valence-corrected chi connectivity index (χ1v) is 8.93. The zero-order chi connectivity index (χ0) is 19.9. The van der Waals surface area contributed by atoms with E-state index >= 15 is 0 Å². The Bertz CT molecular complexity index is 714. The van der Waals surface area contributed by atoms with Gasteiger partial charge in [0, 0.05) is 13.0 Å². The molecule has 2 atom stereocenters. The lowest BCUT2D eigenvalue weighted by molar-refractivity contribution is -0.137. The van der Waals surface area contributed by atoms with Crippen molar-refractivity contribution in [3.05, 3.63) is 71.3 Å². The van der Waals surface area contributed by atoms with Crippen molar-refractivity contribution in [2.45, 2.75) is 44.3 Å². The lowest BCUT2D eigenvalue weighted by Crippen LogP contribution is -2.29. The molecule has 0 bridgehead atoms. The summed E-state index contributed by atoms with van der Waals surface area (Å²) in [6.45, 7) is 1.86. The van der Waals surface area contributed by atoms with E-state index in [0.717, 1.165) is 17.7 Å². The standard InChI is InChI=1S/C21H24F3NO2/c1-15(16-9-11-18(12-10-16)21(22,23)24)14-20(27)25-19(8-5-13-26)17-6-3-2-4-7-17/h2-4,6-7,9-12,15,19,26H,5,8,13-14H2,1H3,(H,25,27). The maximum Gasteiger partial charge on any atom is 0.416 e. The summed E-state index contributed by atoms with van der Waals surface area (Å²) in [5.41, 5.74) is 0.947. The van der Waals surface area contributed by atoms with Crippen molar-refractivity contribution in [3.63, 3.8) is 0 Å². The van der Waals surface area contributed by atoms with Crippen LogP contribution < -0.4 is 5.32 Å². The van der Waals surface area contributed by atoms with Gasteiger partial charge in [0.05, 0.1) is 11.6 Å². The second-order valence-electron chi connectivity index (χ2n) is 6.62. The first-order valence-electron chi connectivity index (χ1n) is 8.93. The summed E-state index contributed by atoms with van der Waals surface area (Å²) in [7, 11) is 0. The third-order valence-corrected chi connectivity index (χ3v) is 4.49. The fourth-order valence-electron chi connectivity index (χ4n) is 2.95. The number of amides is 1. The van der Waals surface area contributed by atoms with E-state index in [1.807, 2.05) is 37.3 Å². The number of carbonyl (C=O) groups excluding carboxylic acids is 1. The van der Waals surface area contributed by atoms with Crippen LogP contribution in [0.25, 0.3) is 0 Å². The van der Waals surface area contributed by atoms with Gasteiger partial charge in [-0.25, -0.2) is 0 Å². The fraction of sp³-hybridized carbons (Fsp3) is 0.381. The third-order valence-electron chi connectivity index (χ3n) is 4.49. The van der Waals surface area contributed by atoms with Gasteiger partial charge in [0.1, 0.15) is 0 Å². The average Bonchev–Trinajstić information content (AvgIpc) is 2.65. The molecule has 27 heavy (non-hydrogen) atoms. The SMILES string of the molecule is CC(CC(=O)NC(CCCO)c1ccccc1)c1ccc(C(F)(F)F)cc1. The van der Waals surface area contributed by atoms with Gasteiger partial charge in [-0.2, -0.15) is 13.2 Å². The average molecular weight is 379 g/mol. The summed E-state index contributed by atoms with van der Waals surface area (Å²) in [5.74, 6) is -0.379. The Hall–Kier alpha value is -2.34. The van der Waals surface area contributed by atoms with Gasteiger partial charge in [-0.1, -0.05) is 49.4 Å². The molecule has 2 N–H and O–H groups in total. The number of rotatable bonds is 8. The summed E-state index contributed by atoms with van der Waals surface area (Å²) in [6.07, 6.45) is -3.02. The lowest BCUT2D eigenvalue weighted by Gasteiger charge is -2.20. The molecule has 3 nitrogen and oxygen atoms in total. The molecule has 2 rings (SSSR count). The Morgan fingerprint density at radius 1 is 1.04 bits per heavy atom. The molecule has 0 saturated carbocycles. The highest BCUT2D eigenvalue weighted by Crippen LogP contribution is 2.30. The van der Waals surface area contributed by atoms with Gasteiger partial charge in [-0.15, -0.1) is 0 Å². The van der Waals surface area contributed by atoms with E-state index in [1.54, 1.807) is 0 Å². The van der Waals surface area contributed by atoms with Gasteiger partial charge in [-0.05, 0) is 42.0 Å². The van der Waals surface area contributed by atoms with E-state index in [2.05, 4.69) is 5.32 Å². The first kappa shape index (κ1) is 21.0. The predicted molar refractivity (Wildman–Crippen MR) is 98.1 cm³/mol. The van der Waals surface area contributed by atoms with Crippen LogP contribution in [0.15, 0.2) is 54.6 Å². The summed E-state index contributed by atoms with van der Waals surface area (Å²) in [6, 6.07) is 14.2. The first-order chi connectivity index (χ1) is 12.8. The largest absolute Gasteiger partial charge is 0.416 e. The monoisotopic (exact) mass is 379 g/mol. The molecule has 2 unspecified atom stereocenters. The van der Waals surface area contributed by atoms with Crippen molar-refractivity contribution in [3.8, 4) is 0 Å². The second kappa shape index (κ2) is 9.55. The van der Waals surface area contributed by atoms with Gasteiger partial charge >= 0.3 is 6.18 Å². The molecule has 0 heterocycles. The topological polar surface area (TPSA) is 49.3 Å². The van der Waals surface area contributed by atoms with Crippen LogP contribution in [-0.4, -0.2) is 17.6 Å². The summed E-state index contributed by atoms with van der Waals surface area (Å²) < 4.78 is 38.0. The van der Waals surface area contributed by atoms with Crippen molar-refractivity contribution >= 4 is 5.91 Å². The van der Waals surface area contributed by atoms with E-state index in [9.17, 15) is 18.0 Å². The molecule has 2 aromatic carbocycles. The molecular weight excluding hydrogens is 355 g/mol. The van der Waals surface area contributed by atoms with Gasteiger partial charge in [0.25, 0.3) is 0 Å². The minimum absolute atomic E-state index is 0.0428. The number of halogens is 3. The molecule has 146 valence electrons. The third kappa shape index (κ3) is 6.40. The maximum absolute atomic E-state index is 12.7. The molecular formula is C21H24F3NO2. The van der Waals surface area contributed by atoms with Crippen molar-refractivity contribution in [2.24, 2.45) is 0 Å². The smallest absolute Gasteiger partial charge is 0.396 e. The maximum atomic E-state index is 12.7. The Morgan fingerprint density at radius 2 is 1.67 bits per heavy atom. The normalized spacial score (nSPS) is 13.8. The summed E-state index contributed by atoms with van der Waals surface area (Å²) in [4.78, 5) is 12.4. The highest BCUT2D eigenvalue weighted by molar-refractivity contribution is 5.77. The van der Waals surface area contributed by atoms with E-state index < -0.39 is 11.7 Å². The number of hydrogen-bond donors (Lipinski definition) is 2. The van der Waals surface area contributed by atoms with Gasteiger partial charge in [0.15, 0.2) is 0 Å². The van der Waals surface area contributed by atoms with Crippen LogP contribution in [0.4, 0.5) is 13.2 Å². The van der Waals surface area contributed by atoms with Crippen LogP contribution in [-0.2, 0) is 11.0 Å². The highest BCUT2D eigenvalue weighted by Gasteiger charge is 2.30. The molecule has 0 aliphatic carbocycles. The van der Waals surface area contributed by atoms with Gasteiger partial charge in [0.2, 0.25) is 5.91 Å². The van der Waals surface area contributed by atoms with Crippen LogP contribution in [0.5, 0.6) is 0 Å². The number of aliphatic hydroxyl groups excluding tert-OH is 1. The summed E-state index contributed by atoms with van der Waals surface area (Å²) in [5, 5.41) is 12.1. The molecule has 6 heteroatoms. The summed E-state index contributed by atoms with van der Waals surface area (Å²) >= 11 is 0. The zero-order valence-electron chi connectivity index (χ0n) is 15.2. The minimum Gasteiger partial charge on any atom is -0.396 e. The van der Waals surface area contributed by atoms with E-state index in [-0.39, 0.29) is 30.9 Å². The van der Waals surface area contributed by atoms with Crippen LogP contribution in [0.1, 0.15) is 54.8 Å². The van der Waals surface area contributed by atoms with Crippen LogP contribution in [0, 0.1) is 0 Å². The highest BCUT2D eigenvalue weighted by atomic mass is 19.4. The number of carbonyl (C=O) groups is 1. The van der Waals surface area contributed by atoms with Crippen molar-refractivity contribution in [1.29, 1.82) is 0 Å².